The highest BCUT2D eigenvalue weighted by Gasteiger charge is 2.15. The molecular weight excluding hydrogens is 290 g/mol. The van der Waals surface area contributed by atoms with Gasteiger partial charge in [0.25, 0.3) is 5.69 Å². The predicted octanol–water partition coefficient (Wildman–Crippen LogP) is 2.98. The highest BCUT2D eigenvalue weighted by atomic mass is 79.9. The number of hydrogen-bond donors (Lipinski definition) is 0. The van der Waals surface area contributed by atoms with Gasteiger partial charge in [-0.2, -0.15) is 0 Å². The number of carbonyl (C=O) groups excluding carboxylic acids is 1. The summed E-state index contributed by atoms with van der Waals surface area (Å²) in [5, 5.41) is 10.9. The number of alkyl halides is 1. The van der Waals surface area contributed by atoms with Crippen LogP contribution < -0.4 is 0 Å². The van der Waals surface area contributed by atoms with Crippen molar-refractivity contribution in [2.24, 2.45) is 0 Å². The second kappa shape index (κ2) is 6.34. The first kappa shape index (κ1) is 13.6. The minimum atomic E-state index is -0.467. The monoisotopic (exact) mass is 301 g/mol. The number of nitro groups is 1. The van der Waals surface area contributed by atoms with Crippen molar-refractivity contribution in [2.75, 3.05) is 5.33 Å². The summed E-state index contributed by atoms with van der Waals surface area (Å²) >= 11 is 3.25. The molecule has 0 spiro atoms. The molecule has 6 heteroatoms. The lowest BCUT2D eigenvalue weighted by Gasteiger charge is -2.15. The van der Waals surface area contributed by atoms with Crippen molar-refractivity contribution in [3.63, 3.8) is 0 Å². The summed E-state index contributed by atoms with van der Waals surface area (Å²) in [5.74, 6) is -0.298. The van der Waals surface area contributed by atoms with E-state index in [0.29, 0.717) is 11.8 Å². The molecule has 0 aromatic heterocycles. The summed E-state index contributed by atoms with van der Waals surface area (Å²) in [6, 6.07) is 5.97. The van der Waals surface area contributed by atoms with Crippen molar-refractivity contribution in [2.45, 2.75) is 19.4 Å². The first-order valence-electron chi connectivity index (χ1n) is 5.08. The molecule has 0 unspecified atom stereocenters. The lowest BCUT2D eigenvalue weighted by atomic mass is 10.1. The molecule has 1 aromatic carbocycles. The highest BCUT2D eigenvalue weighted by Crippen LogP contribution is 2.22. The number of carbonyl (C=O) groups is 1. The molecule has 1 aromatic rings. The van der Waals surface area contributed by atoms with Crippen LogP contribution >= 0.6 is 15.9 Å². The second-order valence-electron chi connectivity index (χ2n) is 3.34. The van der Waals surface area contributed by atoms with Crippen LogP contribution in [0.3, 0.4) is 0 Å². The van der Waals surface area contributed by atoms with Gasteiger partial charge in [0.15, 0.2) is 0 Å². The molecule has 0 amide bonds. The average molecular weight is 302 g/mol. The van der Waals surface area contributed by atoms with E-state index in [2.05, 4.69) is 15.9 Å². The molecule has 0 heterocycles. The first-order chi connectivity index (χ1) is 8.08. The molecule has 0 radical (unpaired) electrons. The van der Waals surface area contributed by atoms with E-state index >= 15 is 0 Å². The van der Waals surface area contributed by atoms with Crippen molar-refractivity contribution < 1.29 is 14.5 Å². The smallest absolute Gasteiger partial charge is 0.306 e. The van der Waals surface area contributed by atoms with Gasteiger partial charge in [-0.25, -0.2) is 0 Å². The summed E-state index contributed by atoms with van der Waals surface area (Å²) in [5.41, 5.74) is 0.748. The van der Waals surface area contributed by atoms with Crippen LogP contribution in [0.15, 0.2) is 24.3 Å². The quantitative estimate of drug-likeness (QED) is 0.363. The Morgan fingerprint density at radius 3 is 2.47 bits per heavy atom. The van der Waals surface area contributed by atoms with Crippen LogP contribution in [0.25, 0.3) is 0 Å². The van der Waals surface area contributed by atoms with Crippen LogP contribution in [-0.4, -0.2) is 16.2 Å². The molecule has 0 N–H and O–H groups in total. The summed E-state index contributed by atoms with van der Waals surface area (Å²) in [7, 11) is 0. The molecule has 0 saturated heterocycles. The predicted molar refractivity (Wildman–Crippen MR) is 66.0 cm³/mol. The summed E-state index contributed by atoms with van der Waals surface area (Å²) in [4.78, 5) is 21.2. The number of esters is 1. The van der Waals surface area contributed by atoms with Gasteiger partial charge in [-0.05, 0) is 17.7 Å². The molecule has 1 rings (SSSR count). The van der Waals surface area contributed by atoms with Crippen molar-refractivity contribution in [3.05, 3.63) is 39.9 Å². The van der Waals surface area contributed by atoms with Crippen LogP contribution in [0.4, 0.5) is 5.69 Å². The third-order valence-corrected chi connectivity index (χ3v) is 2.77. The molecule has 1 atom stereocenters. The average Bonchev–Trinajstić information content (AvgIpc) is 2.35. The van der Waals surface area contributed by atoms with Gasteiger partial charge in [0.1, 0.15) is 6.10 Å². The Balaban J connectivity index is 2.82. The van der Waals surface area contributed by atoms with E-state index in [1.54, 1.807) is 19.1 Å². The number of nitrogens with zero attached hydrogens (tertiary/aromatic N) is 1. The molecule has 17 heavy (non-hydrogen) atoms. The number of hydrogen-bond acceptors (Lipinski definition) is 4. The molecule has 0 fully saturated rings. The van der Waals surface area contributed by atoms with Crippen LogP contribution in [0.5, 0.6) is 0 Å². The topological polar surface area (TPSA) is 69.4 Å². The zero-order chi connectivity index (χ0) is 12.8. The van der Waals surface area contributed by atoms with Gasteiger partial charge in [-0.1, -0.05) is 22.9 Å². The van der Waals surface area contributed by atoms with Gasteiger partial charge < -0.3 is 4.74 Å². The fourth-order valence-corrected chi connectivity index (χ4v) is 1.75. The highest BCUT2D eigenvalue weighted by molar-refractivity contribution is 9.09. The maximum Gasteiger partial charge on any atom is 0.306 e. The fourth-order valence-electron chi connectivity index (χ4n) is 1.24. The lowest BCUT2D eigenvalue weighted by molar-refractivity contribution is -0.384. The number of nitro benzene ring substituents is 1. The first-order valence-corrected chi connectivity index (χ1v) is 6.20. The largest absolute Gasteiger partial charge is 0.457 e. The number of non-ortho nitro benzene ring substituents is 1. The van der Waals surface area contributed by atoms with Gasteiger partial charge >= 0.3 is 5.97 Å². The van der Waals surface area contributed by atoms with E-state index < -0.39 is 11.0 Å². The number of ether oxygens (including phenoxy) is 1. The summed E-state index contributed by atoms with van der Waals surface area (Å²) in [6.07, 6.45) is -0.112. The third kappa shape index (κ3) is 3.81. The summed E-state index contributed by atoms with van der Waals surface area (Å²) < 4.78 is 5.18. The molecule has 0 aliphatic heterocycles. The van der Waals surface area contributed by atoms with Crippen molar-refractivity contribution in [1.29, 1.82) is 0 Å². The Morgan fingerprint density at radius 2 is 2.06 bits per heavy atom. The standard InChI is InChI=1S/C11H12BrNO4/c1-2-11(14)17-10(7-12)8-3-5-9(6-4-8)13(15)16/h3-6,10H,2,7H2,1H3/t10-/m1/s1. The fraction of sp³-hybridized carbons (Fsp3) is 0.364. The van der Waals surface area contributed by atoms with E-state index in [4.69, 9.17) is 4.74 Å². The summed E-state index contributed by atoms with van der Waals surface area (Å²) in [6.45, 7) is 1.71. The Labute approximate surface area is 107 Å². The van der Waals surface area contributed by atoms with Crippen molar-refractivity contribution >= 4 is 27.6 Å². The molecule has 0 aliphatic carbocycles. The maximum atomic E-state index is 11.2. The molecule has 0 saturated carbocycles. The zero-order valence-electron chi connectivity index (χ0n) is 9.26. The normalized spacial score (nSPS) is 11.9. The zero-order valence-corrected chi connectivity index (χ0v) is 10.8. The number of halogens is 1. The molecule has 0 bridgehead atoms. The Morgan fingerprint density at radius 1 is 1.47 bits per heavy atom. The van der Waals surface area contributed by atoms with Crippen LogP contribution in [-0.2, 0) is 9.53 Å². The second-order valence-corrected chi connectivity index (χ2v) is 3.98. The van der Waals surface area contributed by atoms with E-state index in [9.17, 15) is 14.9 Å². The minimum absolute atomic E-state index is 0.0175. The third-order valence-electron chi connectivity index (χ3n) is 2.18. The van der Waals surface area contributed by atoms with E-state index in [1.165, 1.54) is 12.1 Å². The van der Waals surface area contributed by atoms with E-state index in [-0.39, 0.29) is 11.7 Å². The Bertz CT molecular complexity index is 404. The lowest BCUT2D eigenvalue weighted by Crippen LogP contribution is -2.11. The van der Waals surface area contributed by atoms with Crippen LogP contribution in [0, 0.1) is 10.1 Å². The van der Waals surface area contributed by atoms with Crippen molar-refractivity contribution in [1.82, 2.24) is 0 Å². The van der Waals surface area contributed by atoms with Crippen LogP contribution in [0.1, 0.15) is 25.0 Å². The van der Waals surface area contributed by atoms with Gasteiger partial charge in [0.2, 0.25) is 0 Å². The molecule has 5 nitrogen and oxygen atoms in total. The van der Waals surface area contributed by atoms with E-state index in [0.717, 1.165) is 5.56 Å². The van der Waals surface area contributed by atoms with Gasteiger partial charge in [0, 0.05) is 23.9 Å². The Hall–Kier alpha value is -1.43. The SMILES string of the molecule is CCC(=O)O[C@H](CBr)c1ccc([N+](=O)[O-])cc1. The molecule has 92 valence electrons. The maximum absolute atomic E-state index is 11.2. The van der Waals surface area contributed by atoms with Gasteiger partial charge in [-0.3, -0.25) is 14.9 Å². The number of benzene rings is 1. The van der Waals surface area contributed by atoms with E-state index in [1.807, 2.05) is 0 Å². The minimum Gasteiger partial charge on any atom is -0.457 e. The van der Waals surface area contributed by atoms with Gasteiger partial charge in [0.05, 0.1) is 4.92 Å². The van der Waals surface area contributed by atoms with Crippen LogP contribution in [0.2, 0.25) is 0 Å². The molecule has 0 aliphatic rings. The number of rotatable bonds is 5. The Kier molecular flexibility index (Phi) is 5.09. The molecular formula is C11H12BrNO4. The van der Waals surface area contributed by atoms with Crippen molar-refractivity contribution in [3.8, 4) is 0 Å². The van der Waals surface area contributed by atoms with Gasteiger partial charge in [-0.15, -0.1) is 0 Å².